The molecule has 8 heteroatoms. The Labute approximate surface area is 161 Å². The number of hydrogen-bond acceptors (Lipinski definition) is 6. The maximum Gasteiger partial charge on any atom is 0.266 e. The van der Waals surface area contributed by atoms with Crippen LogP contribution in [0.3, 0.4) is 0 Å². The van der Waals surface area contributed by atoms with Crippen LogP contribution in [0.5, 0.6) is 11.5 Å². The molecule has 0 aliphatic carbocycles. The van der Waals surface area contributed by atoms with Crippen LogP contribution in [0.15, 0.2) is 57.9 Å². The first-order valence-electron chi connectivity index (χ1n) is 8.74. The van der Waals surface area contributed by atoms with Gasteiger partial charge in [-0.1, -0.05) is 0 Å². The van der Waals surface area contributed by atoms with Crippen LogP contribution in [0.25, 0.3) is 11.5 Å². The highest BCUT2D eigenvalue weighted by Crippen LogP contribution is 2.29. The minimum Gasteiger partial charge on any atom is -0.497 e. The number of aromatic nitrogens is 2. The molecule has 0 saturated carbocycles. The van der Waals surface area contributed by atoms with Crippen LogP contribution in [0.4, 0.5) is 5.69 Å². The number of hydrogen-bond donors (Lipinski definition) is 1. The third-order valence-electron chi connectivity index (χ3n) is 4.10. The highest BCUT2D eigenvalue weighted by Gasteiger charge is 2.10. The van der Waals surface area contributed by atoms with Crippen LogP contribution in [0.2, 0.25) is 0 Å². The molecule has 0 radical (unpaired) electrons. The van der Waals surface area contributed by atoms with Crippen molar-refractivity contribution in [1.29, 1.82) is 0 Å². The molecule has 0 aliphatic heterocycles. The number of aryl methyl sites for hydroxylation is 1. The summed E-state index contributed by atoms with van der Waals surface area (Å²) in [5.41, 5.74) is 0.896. The quantitative estimate of drug-likeness (QED) is 0.643. The fourth-order valence-corrected chi connectivity index (χ4v) is 2.67. The van der Waals surface area contributed by atoms with Crippen molar-refractivity contribution < 1.29 is 18.7 Å². The maximum atomic E-state index is 12.2. The fraction of sp³-hybridized carbons (Fsp3) is 0.250. The highest BCUT2D eigenvalue weighted by atomic mass is 16.5. The number of anilines is 1. The number of rotatable bonds is 8. The van der Waals surface area contributed by atoms with E-state index >= 15 is 0 Å². The first-order valence-corrected chi connectivity index (χ1v) is 8.74. The summed E-state index contributed by atoms with van der Waals surface area (Å²) in [6.45, 7) is 0.320. The predicted molar refractivity (Wildman–Crippen MR) is 104 cm³/mol. The lowest BCUT2D eigenvalue weighted by Gasteiger charge is -2.11. The van der Waals surface area contributed by atoms with Gasteiger partial charge in [-0.15, -0.1) is 0 Å². The molecule has 1 N–H and O–H groups in total. The number of carbonyl (C=O) groups excluding carboxylic acids is 1. The molecule has 0 unspecified atom stereocenters. The van der Waals surface area contributed by atoms with Gasteiger partial charge in [0.1, 0.15) is 17.2 Å². The van der Waals surface area contributed by atoms with Crippen molar-refractivity contribution in [3.63, 3.8) is 0 Å². The Bertz CT molecular complexity index is 995. The van der Waals surface area contributed by atoms with Gasteiger partial charge in [-0.25, -0.2) is 4.68 Å². The Hall–Kier alpha value is -3.55. The zero-order valence-corrected chi connectivity index (χ0v) is 15.7. The van der Waals surface area contributed by atoms with Crippen LogP contribution in [0.1, 0.15) is 12.8 Å². The molecule has 0 bridgehead atoms. The maximum absolute atomic E-state index is 12.2. The molecule has 0 atom stereocenters. The third-order valence-corrected chi connectivity index (χ3v) is 4.10. The van der Waals surface area contributed by atoms with E-state index < -0.39 is 0 Å². The average Bonchev–Trinajstić information content (AvgIpc) is 3.24. The lowest BCUT2D eigenvalue weighted by molar-refractivity contribution is -0.116. The van der Waals surface area contributed by atoms with E-state index in [1.807, 2.05) is 0 Å². The van der Waals surface area contributed by atoms with Gasteiger partial charge in [-0.05, 0) is 36.8 Å². The monoisotopic (exact) mass is 383 g/mol. The van der Waals surface area contributed by atoms with E-state index in [1.54, 1.807) is 49.8 Å². The number of carbonyl (C=O) groups is 1. The summed E-state index contributed by atoms with van der Waals surface area (Å²) in [4.78, 5) is 24.2. The average molecular weight is 383 g/mol. The zero-order chi connectivity index (χ0) is 19.9. The number of nitrogens with one attached hydrogen (secondary N) is 1. The van der Waals surface area contributed by atoms with Gasteiger partial charge >= 0.3 is 0 Å². The van der Waals surface area contributed by atoms with Gasteiger partial charge in [0.2, 0.25) is 5.91 Å². The summed E-state index contributed by atoms with van der Waals surface area (Å²) >= 11 is 0. The largest absolute Gasteiger partial charge is 0.497 e. The Balaban J connectivity index is 1.59. The minimum absolute atomic E-state index is 0.182. The molecule has 8 nitrogen and oxygen atoms in total. The van der Waals surface area contributed by atoms with Crippen LogP contribution >= 0.6 is 0 Å². The molecule has 3 rings (SSSR count). The van der Waals surface area contributed by atoms with Crippen molar-refractivity contribution in [2.75, 3.05) is 19.5 Å². The molecule has 28 heavy (non-hydrogen) atoms. The van der Waals surface area contributed by atoms with E-state index in [2.05, 4.69) is 10.4 Å². The lowest BCUT2D eigenvalue weighted by Crippen LogP contribution is -2.23. The Morgan fingerprint density at radius 3 is 2.75 bits per heavy atom. The molecule has 3 aromatic rings. The summed E-state index contributed by atoms with van der Waals surface area (Å²) in [5, 5.41) is 7.09. The summed E-state index contributed by atoms with van der Waals surface area (Å²) in [6, 6.07) is 11.7. The topological polar surface area (TPSA) is 95.6 Å². The number of ether oxygens (including phenoxy) is 2. The van der Waals surface area contributed by atoms with Gasteiger partial charge in [-0.3, -0.25) is 9.59 Å². The van der Waals surface area contributed by atoms with E-state index in [0.29, 0.717) is 41.6 Å². The molecular weight excluding hydrogens is 362 g/mol. The molecular formula is C20H21N3O5. The van der Waals surface area contributed by atoms with Crippen molar-refractivity contribution in [3.05, 3.63) is 59.1 Å². The SMILES string of the molecule is COc1ccc(NC(=O)CCCn2nc(-c3ccco3)ccc2=O)c(OC)c1. The molecule has 2 heterocycles. The van der Waals surface area contributed by atoms with Crippen molar-refractivity contribution in [2.45, 2.75) is 19.4 Å². The summed E-state index contributed by atoms with van der Waals surface area (Å²) in [6.07, 6.45) is 2.23. The first-order chi connectivity index (χ1) is 13.6. The number of methoxy groups -OCH3 is 2. The standard InChI is InChI=1S/C20H21N3O5/c1-26-14-7-8-15(18(13-14)27-2)21-19(24)6-3-11-23-20(25)10-9-16(22-23)17-5-4-12-28-17/h4-5,7-10,12-13H,3,6,11H2,1-2H3,(H,21,24). The number of benzene rings is 1. The van der Waals surface area contributed by atoms with Gasteiger partial charge < -0.3 is 19.2 Å². The van der Waals surface area contributed by atoms with Crippen LogP contribution in [-0.2, 0) is 11.3 Å². The van der Waals surface area contributed by atoms with Crippen molar-refractivity contribution in [2.24, 2.45) is 0 Å². The minimum atomic E-state index is -0.229. The van der Waals surface area contributed by atoms with Crippen LogP contribution in [-0.4, -0.2) is 29.9 Å². The van der Waals surface area contributed by atoms with Crippen LogP contribution < -0.4 is 20.3 Å². The van der Waals surface area contributed by atoms with E-state index in [-0.39, 0.29) is 17.9 Å². The normalized spacial score (nSPS) is 10.5. The molecule has 0 fully saturated rings. The summed E-state index contributed by atoms with van der Waals surface area (Å²) < 4.78 is 17.0. The molecule has 0 spiro atoms. The molecule has 1 aromatic carbocycles. The van der Waals surface area contributed by atoms with E-state index in [4.69, 9.17) is 13.9 Å². The molecule has 1 amide bonds. The lowest BCUT2D eigenvalue weighted by atomic mass is 10.2. The smallest absolute Gasteiger partial charge is 0.266 e. The molecule has 146 valence electrons. The van der Waals surface area contributed by atoms with E-state index in [1.165, 1.54) is 17.9 Å². The van der Waals surface area contributed by atoms with Gasteiger partial charge in [0, 0.05) is 25.1 Å². The Morgan fingerprint density at radius 1 is 1.18 bits per heavy atom. The Kier molecular flexibility index (Phi) is 6.11. The van der Waals surface area contributed by atoms with Gasteiger partial charge in [-0.2, -0.15) is 5.10 Å². The second-order valence-electron chi connectivity index (χ2n) is 5.98. The zero-order valence-electron chi connectivity index (χ0n) is 15.7. The van der Waals surface area contributed by atoms with Crippen molar-refractivity contribution >= 4 is 11.6 Å². The highest BCUT2D eigenvalue weighted by molar-refractivity contribution is 5.92. The summed E-state index contributed by atoms with van der Waals surface area (Å²) in [7, 11) is 3.08. The predicted octanol–water partition coefficient (Wildman–Crippen LogP) is 2.94. The van der Waals surface area contributed by atoms with Crippen molar-refractivity contribution in [3.8, 4) is 23.0 Å². The van der Waals surface area contributed by atoms with Gasteiger partial charge in [0.25, 0.3) is 5.56 Å². The number of furan rings is 1. The second kappa shape index (κ2) is 8.90. The Morgan fingerprint density at radius 2 is 2.04 bits per heavy atom. The molecule has 0 saturated heterocycles. The van der Waals surface area contributed by atoms with E-state index in [9.17, 15) is 9.59 Å². The van der Waals surface area contributed by atoms with Crippen LogP contribution in [0, 0.1) is 0 Å². The summed E-state index contributed by atoms with van der Waals surface area (Å²) in [5.74, 6) is 1.55. The van der Waals surface area contributed by atoms with E-state index in [0.717, 1.165) is 0 Å². The fourth-order valence-electron chi connectivity index (χ4n) is 2.67. The molecule has 0 aliphatic rings. The third kappa shape index (κ3) is 4.59. The molecule has 2 aromatic heterocycles. The number of nitrogens with zero attached hydrogens (tertiary/aromatic N) is 2. The van der Waals surface area contributed by atoms with Crippen molar-refractivity contribution in [1.82, 2.24) is 9.78 Å². The first kappa shape index (κ1) is 19.2. The second-order valence-corrected chi connectivity index (χ2v) is 5.98. The number of amides is 1. The van der Waals surface area contributed by atoms with Gasteiger partial charge in [0.15, 0.2) is 5.76 Å². The van der Waals surface area contributed by atoms with Gasteiger partial charge in [0.05, 0.1) is 26.2 Å².